The van der Waals surface area contributed by atoms with Crippen molar-refractivity contribution >= 4 is 16.9 Å². The van der Waals surface area contributed by atoms with Crippen LogP contribution in [0.5, 0.6) is 0 Å². The summed E-state index contributed by atoms with van der Waals surface area (Å²) in [4.78, 5) is 23.6. The average Bonchev–Trinajstić information content (AvgIpc) is 3.35. The first-order valence-electron chi connectivity index (χ1n) is 9.57. The number of carbonyl (C=O) groups is 1. The molecule has 1 aromatic carbocycles. The number of para-hydroxylation sites is 2. The number of hydrogen-bond acceptors (Lipinski definition) is 4. The summed E-state index contributed by atoms with van der Waals surface area (Å²) < 4.78 is 0. The van der Waals surface area contributed by atoms with Crippen molar-refractivity contribution in [2.45, 2.75) is 56.7 Å². The molecule has 2 aliphatic heterocycles. The highest BCUT2D eigenvalue weighted by Gasteiger charge is 2.45. The van der Waals surface area contributed by atoms with Crippen LogP contribution in [0.2, 0.25) is 0 Å². The minimum Gasteiger partial charge on any atom is -0.340 e. The van der Waals surface area contributed by atoms with Crippen molar-refractivity contribution in [1.29, 1.82) is 0 Å². The number of aromatic nitrogens is 2. The molecule has 4 atom stereocenters. The van der Waals surface area contributed by atoms with Crippen molar-refractivity contribution in [3.05, 3.63) is 30.1 Å². The van der Waals surface area contributed by atoms with Crippen LogP contribution in [0.3, 0.4) is 0 Å². The minimum atomic E-state index is -0.0857. The van der Waals surface area contributed by atoms with Crippen LogP contribution in [0.1, 0.15) is 50.4 Å². The number of benzene rings is 1. The molecule has 25 heavy (non-hydrogen) atoms. The number of aromatic amines is 1. The van der Waals surface area contributed by atoms with E-state index in [0.29, 0.717) is 12.0 Å². The fraction of sp³-hybridized carbons (Fsp3) is 0.579. The van der Waals surface area contributed by atoms with Gasteiger partial charge >= 0.3 is 0 Å². The number of imidazole rings is 1. The highest BCUT2D eigenvalue weighted by Crippen LogP contribution is 2.36. The Morgan fingerprint density at radius 2 is 2.00 bits per heavy atom. The highest BCUT2D eigenvalue weighted by atomic mass is 16.2. The monoisotopic (exact) mass is 339 g/mol. The molecule has 1 aromatic heterocycles. The zero-order valence-corrected chi connectivity index (χ0v) is 14.4. The molecule has 2 saturated heterocycles. The Morgan fingerprint density at radius 1 is 1.08 bits per heavy atom. The SMILES string of the molecule is O=C(C1NNC2CCCC21)N1CCCCC1c1nc2ccccc2[nH]1. The maximum absolute atomic E-state index is 13.3. The first-order valence-corrected chi connectivity index (χ1v) is 9.57. The molecular weight excluding hydrogens is 314 g/mol. The average molecular weight is 339 g/mol. The van der Waals surface area contributed by atoms with Crippen molar-refractivity contribution in [1.82, 2.24) is 25.7 Å². The Labute approximate surface area is 147 Å². The molecule has 4 unspecified atom stereocenters. The summed E-state index contributed by atoms with van der Waals surface area (Å²) in [5.74, 6) is 1.61. The number of rotatable bonds is 2. The van der Waals surface area contributed by atoms with E-state index in [1.807, 2.05) is 24.3 Å². The lowest BCUT2D eigenvalue weighted by molar-refractivity contribution is -0.138. The van der Waals surface area contributed by atoms with Crippen LogP contribution in [0.15, 0.2) is 24.3 Å². The third-order valence-corrected chi connectivity index (χ3v) is 6.20. The van der Waals surface area contributed by atoms with E-state index in [2.05, 4.69) is 20.7 Å². The lowest BCUT2D eigenvalue weighted by atomic mass is 9.93. The molecule has 6 heteroatoms. The molecule has 1 amide bonds. The van der Waals surface area contributed by atoms with E-state index in [0.717, 1.165) is 49.1 Å². The van der Waals surface area contributed by atoms with Crippen molar-refractivity contribution < 1.29 is 4.79 Å². The third kappa shape index (κ3) is 2.55. The van der Waals surface area contributed by atoms with Crippen LogP contribution in [-0.4, -0.2) is 39.4 Å². The number of nitrogens with one attached hydrogen (secondary N) is 3. The van der Waals surface area contributed by atoms with E-state index in [9.17, 15) is 4.79 Å². The summed E-state index contributed by atoms with van der Waals surface area (Å²) in [6.45, 7) is 0.829. The number of fused-ring (bicyclic) bond motifs is 2. The Bertz CT molecular complexity index is 754. The molecule has 0 bridgehead atoms. The number of nitrogens with zero attached hydrogens (tertiary/aromatic N) is 2. The third-order valence-electron chi connectivity index (χ3n) is 6.20. The zero-order valence-electron chi connectivity index (χ0n) is 14.4. The molecule has 3 aliphatic rings. The van der Waals surface area contributed by atoms with Gasteiger partial charge in [0.05, 0.1) is 17.1 Å². The van der Waals surface area contributed by atoms with Gasteiger partial charge in [0, 0.05) is 18.5 Å². The zero-order chi connectivity index (χ0) is 16.8. The van der Waals surface area contributed by atoms with Gasteiger partial charge in [-0.3, -0.25) is 10.2 Å². The number of hydrogen-bond donors (Lipinski definition) is 3. The molecule has 5 rings (SSSR count). The van der Waals surface area contributed by atoms with E-state index < -0.39 is 0 Å². The molecule has 2 aromatic rings. The second kappa shape index (κ2) is 6.11. The van der Waals surface area contributed by atoms with Gasteiger partial charge in [0.25, 0.3) is 0 Å². The summed E-state index contributed by atoms with van der Waals surface area (Å²) in [7, 11) is 0. The number of amides is 1. The molecule has 0 spiro atoms. The summed E-state index contributed by atoms with van der Waals surface area (Å²) in [5, 5.41) is 0. The molecule has 6 nitrogen and oxygen atoms in total. The standard InChI is InChI=1S/C19H25N5O/c25-19(17-12-6-5-9-13(12)22-23-17)24-11-4-3-10-16(24)18-20-14-7-1-2-8-15(14)21-18/h1-2,7-8,12-13,16-17,22-23H,3-6,9-11H2,(H,20,21). The van der Waals surface area contributed by atoms with Crippen LogP contribution < -0.4 is 10.9 Å². The number of likely N-dealkylation sites (tertiary alicyclic amines) is 1. The van der Waals surface area contributed by atoms with Gasteiger partial charge in [0.15, 0.2) is 0 Å². The minimum absolute atomic E-state index is 0.0657. The molecule has 3 N–H and O–H groups in total. The van der Waals surface area contributed by atoms with Gasteiger partial charge in [0.2, 0.25) is 5.91 Å². The number of hydrazine groups is 1. The number of piperidine rings is 1. The summed E-state index contributed by atoms with van der Waals surface area (Å²) in [6, 6.07) is 8.53. The van der Waals surface area contributed by atoms with Crippen LogP contribution in [0.4, 0.5) is 0 Å². The van der Waals surface area contributed by atoms with Crippen LogP contribution in [-0.2, 0) is 4.79 Å². The maximum atomic E-state index is 13.3. The fourth-order valence-electron chi connectivity index (χ4n) is 4.90. The normalized spacial score (nSPS) is 32.2. The Kier molecular flexibility index (Phi) is 3.75. The van der Waals surface area contributed by atoms with Gasteiger partial charge in [-0.05, 0) is 44.2 Å². The Hall–Kier alpha value is -1.92. The summed E-state index contributed by atoms with van der Waals surface area (Å²) in [6.07, 6.45) is 6.75. The first-order chi connectivity index (χ1) is 12.3. The van der Waals surface area contributed by atoms with Crippen molar-refractivity contribution in [2.24, 2.45) is 5.92 Å². The fourth-order valence-corrected chi connectivity index (χ4v) is 4.90. The first kappa shape index (κ1) is 15.3. The topological polar surface area (TPSA) is 73.1 Å². The second-order valence-electron chi connectivity index (χ2n) is 7.65. The van der Waals surface area contributed by atoms with Crippen LogP contribution in [0.25, 0.3) is 11.0 Å². The van der Waals surface area contributed by atoms with E-state index in [4.69, 9.17) is 4.98 Å². The lowest BCUT2D eigenvalue weighted by Crippen LogP contribution is -2.50. The summed E-state index contributed by atoms with van der Waals surface area (Å²) >= 11 is 0. The Balaban J connectivity index is 1.43. The van der Waals surface area contributed by atoms with Gasteiger partial charge in [0.1, 0.15) is 11.9 Å². The number of carbonyl (C=O) groups excluding carboxylic acids is 1. The van der Waals surface area contributed by atoms with Crippen molar-refractivity contribution in [2.75, 3.05) is 6.54 Å². The smallest absolute Gasteiger partial charge is 0.242 e. The van der Waals surface area contributed by atoms with Gasteiger partial charge in [-0.2, -0.15) is 0 Å². The molecule has 3 heterocycles. The molecule has 3 fully saturated rings. The van der Waals surface area contributed by atoms with E-state index in [1.165, 1.54) is 12.8 Å². The van der Waals surface area contributed by atoms with Crippen molar-refractivity contribution in [3.63, 3.8) is 0 Å². The Morgan fingerprint density at radius 3 is 2.92 bits per heavy atom. The largest absolute Gasteiger partial charge is 0.340 e. The molecule has 132 valence electrons. The molecule has 1 aliphatic carbocycles. The molecule has 1 saturated carbocycles. The molecular formula is C19H25N5O. The van der Waals surface area contributed by atoms with Gasteiger partial charge in [-0.1, -0.05) is 18.6 Å². The highest BCUT2D eigenvalue weighted by molar-refractivity contribution is 5.83. The predicted molar refractivity (Wildman–Crippen MR) is 95.6 cm³/mol. The second-order valence-corrected chi connectivity index (χ2v) is 7.65. The molecule has 0 radical (unpaired) electrons. The van der Waals surface area contributed by atoms with E-state index in [-0.39, 0.29) is 18.0 Å². The van der Waals surface area contributed by atoms with Gasteiger partial charge in [-0.15, -0.1) is 0 Å². The van der Waals surface area contributed by atoms with Gasteiger partial charge < -0.3 is 9.88 Å². The quantitative estimate of drug-likeness (QED) is 0.785. The van der Waals surface area contributed by atoms with Gasteiger partial charge in [-0.25, -0.2) is 10.4 Å². The lowest BCUT2D eigenvalue weighted by Gasteiger charge is -2.37. The van der Waals surface area contributed by atoms with E-state index in [1.54, 1.807) is 0 Å². The summed E-state index contributed by atoms with van der Waals surface area (Å²) in [5.41, 5.74) is 8.65. The number of H-pyrrole nitrogens is 1. The maximum Gasteiger partial charge on any atom is 0.242 e. The van der Waals surface area contributed by atoms with Crippen molar-refractivity contribution in [3.8, 4) is 0 Å². The van der Waals surface area contributed by atoms with E-state index >= 15 is 0 Å². The van der Waals surface area contributed by atoms with Crippen LogP contribution >= 0.6 is 0 Å². The van der Waals surface area contributed by atoms with Crippen LogP contribution in [0, 0.1) is 5.92 Å². The predicted octanol–water partition coefficient (Wildman–Crippen LogP) is 2.26.